The third-order valence-electron chi connectivity index (χ3n) is 7.14. The number of thiazole rings is 1. The van der Waals surface area contributed by atoms with Crippen LogP contribution in [0.4, 0.5) is 5.69 Å². The van der Waals surface area contributed by atoms with Crippen LogP contribution in [0.1, 0.15) is 23.6 Å². The molecule has 0 bridgehead atoms. The zero-order chi connectivity index (χ0) is 24.8. The highest BCUT2D eigenvalue weighted by atomic mass is 32.1. The van der Waals surface area contributed by atoms with Gasteiger partial charge in [-0.15, -0.1) is 11.3 Å². The summed E-state index contributed by atoms with van der Waals surface area (Å²) in [5.41, 5.74) is 13.0. The number of aliphatic imine (C=N–C) groups is 1. The van der Waals surface area contributed by atoms with Crippen LogP contribution in [-0.2, 0) is 6.42 Å². The van der Waals surface area contributed by atoms with Gasteiger partial charge in [0.2, 0.25) is 0 Å². The fourth-order valence-corrected chi connectivity index (χ4v) is 6.19. The molecule has 0 spiro atoms. The maximum Gasteiger partial charge on any atom is 0.124 e. The molecule has 0 fully saturated rings. The van der Waals surface area contributed by atoms with Gasteiger partial charge in [-0.25, -0.2) is 4.98 Å². The highest BCUT2D eigenvalue weighted by Gasteiger charge is 2.17. The Morgan fingerprint density at radius 3 is 2.16 bits per heavy atom. The number of aromatic nitrogens is 1. The maximum atomic E-state index is 5.06. The molecule has 1 aliphatic rings. The van der Waals surface area contributed by atoms with E-state index >= 15 is 0 Å². The van der Waals surface area contributed by atoms with Crippen molar-refractivity contribution in [3.05, 3.63) is 132 Å². The molecule has 1 aromatic heterocycles. The van der Waals surface area contributed by atoms with E-state index in [0.29, 0.717) is 0 Å². The SMILES string of the molecule is C/C1=N\c2ccccc2Cc2ccccc2-c2cc(-c3ccc(-c4nc5ccccc5s4)cc3)ccc21. The molecule has 0 saturated heterocycles. The summed E-state index contributed by atoms with van der Waals surface area (Å²) in [6.07, 6.45) is 0.865. The Balaban J connectivity index is 1.32. The van der Waals surface area contributed by atoms with Gasteiger partial charge in [0, 0.05) is 23.3 Å². The van der Waals surface area contributed by atoms with E-state index in [0.717, 1.165) is 33.9 Å². The highest BCUT2D eigenvalue weighted by molar-refractivity contribution is 7.21. The van der Waals surface area contributed by atoms with Crippen LogP contribution in [0.5, 0.6) is 0 Å². The molecule has 7 rings (SSSR count). The topological polar surface area (TPSA) is 25.2 Å². The van der Waals surface area contributed by atoms with Crippen LogP contribution in [0.3, 0.4) is 0 Å². The van der Waals surface area contributed by atoms with Crippen molar-refractivity contribution in [3.63, 3.8) is 0 Å². The van der Waals surface area contributed by atoms with Crippen LogP contribution in [0, 0.1) is 0 Å². The standard InChI is InChI=1S/C34H24N2S/c1-22-28-19-18-25(23-14-16-24(17-15-23)34-36-32-12-6-7-13-33(32)37-34)21-30(28)29-10-4-2-8-26(29)20-27-9-3-5-11-31(27)35-22/h2-19,21H,20H2,1H3/b35-22+. The van der Waals surface area contributed by atoms with Gasteiger partial charge < -0.3 is 0 Å². The second kappa shape index (κ2) is 8.95. The van der Waals surface area contributed by atoms with Crippen molar-refractivity contribution in [2.24, 2.45) is 4.99 Å². The number of fused-ring (bicyclic) bond motifs is 5. The van der Waals surface area contributed by atoms with Crippen molar-refractivity contribution in [2.45, 2.75) is 13.3 Å². The van der Waals surface area contributed by atoms with Gasteiger partial charge in [0.05, 0.1) is 15.9 Å². The minimum Gasteiger partial charge on any atom is -0.253 e. The van der Waals surface area contributed by atoms with E-state index < -0.39 is 0 Å². The van der Waals surface area contributed by atoms with Gasteiger partial charge in [0.25, 0.3) is 0 Å². The van der Waals surface area contributed by atoms with Gasteiger partial charge in [-0.3, -0.25) is 4.99 Å². The second-order valence-corrected chi connectivity index (χ2v) is 10.5. The molecule has 3 heteroatoms. The molecule has 2 nitrogen and oxygen atoms in total. The quantitative estimate of drug-likeness (QED) is 0.236. The molecule has 1 aliphatic heterocycles. The van der Waals surface area contributed by atoms with Crippen LogP contribution in [-0.4, -0.2) is 10.7 Å². The summed E-state index contributed by atoms with van der Waals surface area (Å²) in [6, 6.07) is 41.1. The van der Waals surface area contributed by atoms with E-state index in [4.69, 9.17) is 9.98 Å². The molecule has 6 aromatic rings. The molecular weight excluding hydrogens is 468 g/mol. The minimum atomic E-state index is 0.865. The lowest BCUT2D eigenvalue weighted by Crippen LogP contribution is -1.99. The lowest BCUT2D eigenvalue weighted by Gasteiger charge is -2.15. The number of hydrogen-bond acceptors (Lipinski definition) is 3. The van der Waals surface area contributed by atoms with E-state index in [1.54, 1.807) is 11.3 Å². The first-order valence-electron chi connectivity index (χ1n) is 12.6. The van der Waals surface area contributed by atoms with Crippen molar-refractivity contribution in [3.8, 4) is 32.8 Å². The van der Waals surface area contributed by atoms with Crippen molar-refractivity contribution < 1.29 is 0 Å². The van der Waals surface area contributed by atoms with E-state index in [2.05, 4.69) is 116 Å². The molecule has 0 aliphatic carbocycles. The Morgan fingerprint density at radius 2 is 1.30 bits per heavy atom. The Morgan fingerprint density at radius 1 is 0.595 bits per heavy atom. The van der Waals surface area contributed by atoms with E-state index in [1.165, 1.54) is 43.6 Å². The average molecular weight is 493 g/mol. The first kappa shape index (κ1) is 21.9. The van der Waals surface area contributed by atoms with Gasteiger partial charge in [-0.1, -0.05) is 91.0 Å². The summed E-state index contributed by atoms with van der Waals surface area (Å²) in [6.45, 7) is 2.12. The monoisotopic (exact) mass is 492 g/mol. The Labute approximate surface area is 220 Å². The van der Waals surface area contributed by atoms with E-state index in [-0.39, 0.29) is 0 Å². The molecule has 0 atom stereocenters. The van der Waals surface area contributed by atoms with Gasteiger partial charge in [-0.05, 0) is 64.6 Å². The van der Waals surface area contributed by atoms with Gasteiger partial charge >= 0.3 is 0 Å². The fourth-order valence-electron chi connectivity index (χ4n) is 5.22. The number of rotatable bonds is 2. The number of benzene rings is 5. The lowest BCUT2D eigenvalue weighted by molar-refractivity contribution is 1.19. The lowest BCUT2D eigenvalue weighted by atomic mass is 9.89. The normalized spacial score (nSPS) is 13.9. The molecular formula is C34H24N2S. The van der Waals surface area contributed by atoms with Crippen LogP contribution >= 0.6 is 11.3 Å². The molecule has 176 valence electrons. The van der Waals surface area contributed by atoms with Crippen molar-refractivity contribution in [2.75, 3.05) is 0 Å². The molecule has 2 heterocycles. The smallest absolute Gasteiger partial charge is 0.124 e. The summed E-state index contributed by atoms with van der Waals surface area (Å²) >= 11 is 1.74. The van der Waals surface area contributed by atoms with Gasteiger partial charge in [0.1, 0.15) is 5.01 Å². The van der Waals surface area contributed by atoms with Gasteiger partial charge in [0.15, 0.2) is 0 Å². The fraction of sp³-hybridized carbons (Fsp3) is 0.0588. The zero-order valence-electron chi connectivity index (χ0n) is 20.5. The Bertz CT molecular complexity index is 1780. The molecule has 37 heavy (non-hydrogen) atoms. The molecule has 0 N–H and O–H groups in total. The van der Waals surface area contributed by atoms with Crippen LogP contribution in [0.15, 0.2) is 120 Å². The van der Waals surface area contributed by atoms with E-state index in [9.17, 15) is 0 Å². The molecule has 0 amide bonds. The summed E-state index contributed by atoms with van der Waals surface area (Å²) in [5, 5.41) is 1.06. The minimum absolute atomic E-state index is 0.865. The number of hydrogen-bond donors (Lipinski definition) is 0. The van der Waals surface area contributed by atoms with Crippen molar-refractivity contribution in [1.82, 2.24) is 4.98 Å². The first-order valence-corrected chi connectivity index (χ1v) is 13.4. The van der Waals surface area contributed by atoms with E-state index in [1.807, 2.05) is 6.07 Å². The van der Waals surface area contributed by atoms with Crippen LogP contribution in [0.25, 0.3) is 43.0 Å². The van der Waals surface area contributed by atoms with Crippen molar-refractivity contribution >= 4 is 33.0 Å². The third kappa shape index (κ3) is 3.98. The summed E-state index contributed by atoms with van der Waals surface area (Å²) in [7, 11) is 0. The molecule has 0 saturated carbocycles. The van der Waals surface area contributed by atoms with Crippen LogP contribution in [0.2, 0.25) is 0 Å². The number of nitrogens with zero attached hydrogens (tertiary/aromatic N) is 2. The largest absolute Gasteiger partial charge is 0.253 e. The first-order chi connectivity index (χ1) is 18.2. The Kier molecular flexibility index (Phi) is 5.30. The maximum absolute atomic E-state index is 5.06. The van der Waals surface area contributed by atoms with Gasteiger partial charge in [-0.2, -0.15) is 0 Å². The summed E-state index contributed by atoms with van der Waals surface area (Å²) in [5.74, 6) is 0. The summed E-state index contributed by atoms with van der Waals surface area (Å²) < 4.78 is 1.22. The zero-order valence-corrected chi connectivity index (χ0v) is 21.3. The second-order valence-electron chi connectivity index (χ2n) is 9.48. The van der Waals surface area contributed by atoms with Crippen molar-refractivity contribution in [1.29, 1.82) is 0 Å². The van der Waals surface area contributed by atoms with Crippen LogP contribution < -0.4 is 0 Å². The Hall–Kier alpha value is -4.34. The average Bonchev–Trinajstić information content (AvgIpc) is 3.40. The third-order valence-corrected chi connectivity index (χ3v) is 8.22. The predicted molar refractivity (Wildman–Crippen MR) is 157 cm³/mol. The predicted octanol–water partition coefficient (Wildman–Crippen LogP) is 9.34. The highest BCUT2D eigenvalue weighted by Crippen LogP contribution is 2.37. The molecule has 0 unspecified atom stereocenters. The molecule has 5 aromatic carbocycles. The molecule has 0 radical (unpaired) electrons. The number of para-hydroxylation sites is 2. The summed E-state index contributed by atoms with van der Waals surface area (Å²) in [4.78, 5) is 9.89.